The number of nitrogens with zero attached hydrogens (tertiary/aromatic N) is 1. The largest absolute Gasteiger partial charge is 0.481 e. The number of rotatable bonds is 7. The number of carbonyl (C=O) groups is 2. The van der Waals surface area contributed by atoms with Gasteiger partial charge in [-0.3, -0.25) is 9.59 Å². The average Bonchev–Trinajstić information content (AvgIpc) is 2.79. The summed E-state index contributed by atoms with van der Waals surface area (Å²) >= 11 is 0. The predicted molar refractivity (Wildman–Crippen MR) is 76.3 cm³/mol. The van der Waals surface area contributed by atoms with Gasteiger partial charge >= 0.3 is 5.97 Å². The van der Waals surface area contributed by atoms with Crippen LogP contribution in [0.4, 0.5) is 0 Å². The number of aryl methyl sites for hydroxylation is 1. The Morgan fingerprint density at radius 3 is 2.75 bits per heavy atom. The summed E-state index contributed by atoms with van der Waals surface area (Å²) in [6.07, 6.45) is 3.31. The second-order valence-electron chi connectivity index (χ2n) is 5.33. The quantitative estimate of drug-likeness (QED) is 0.831. The molecule has 4 heteroatoms. The molecular formula is C16H21NO3. The monoisotopic (exact) mass is 275 g/mol. The Morgan fingerprint density at radius 1 is 1.30 bits per heavy atom. The second-order valence-corrected chi connectivity index (χ2v) is 5.33. The fourth-order valence-corrected chi connectivity index (χ4v) is 2.71. The topological polar surface area (TPSA) is 57.6 Å². The van der Waals surface area contributed by atoms with Gasteiger partial charge in [0.2, 0.25) is 5.91 Å². The van der Waals surface area contributed by atoms with Crippen molar-refractivity contribution in [2.24, 2.45) is 5.92 Å². The third kappa shape index (κ3) is 4.08. The van der Waals surface area contributed by atoms with E-state index in [2.05, 4.69) is 12.1 Å². The first-order chi connectivity index (χ1) is 9.66. The molecular weight excluding hydrogens is 254 g/mol. The first kappa shape index (κ1) is 14.6. The van der Waals surface area contributed by atoms with Crippen molar-refractivity contribution in [3.63, 3.8) is 0 Å². The van der Waals surface area contributed by atoms with Crippen LogP contribution in [-0.4, -0.2) is 35.0 Å². The van der Waals surface area contributed by atoms with Crippen LogP contribution in [0.2, 0.25) is 0 Å². The van der Waals surface area contributed by atoms with Crippen LogP contribution >= 0.6 is 0 Å². The molecule has 1 aliphatic rings. The zero-order valence-electron chi connectivity index (χ0n) is 11.6. The van der Waals surface area contributed by atoms with E-state index in [9.17, 15) is 9.59 Å². The first-order valence-electron chi connectivity index (χ1n) is 7.21. The van der Waals surface area contributed by atoms with E-state index in [1.165, 1.54) is 5.56 Å². The molecule has 1 heterocycles. The standard InChI is InChI=1S/C16H21NO3/c18-15(19)9-8-14-10-12-17(16(14)20)11-4-7-13-5-2-1-3-6-13/h1-3,5-6,14H,4,7-12H2,(H,18,19). The Hall–Kier alpha value is -1.84. The maximum Gasteiger partial charge on any atom is 0.303 e. The number of carbonyl (C=O) groups excluding carboxylic acids is 1. The normalized spacial score (nSPS) is 18.5. The average molecular weight is 275 g/mol. The molecule has 0 bridgehead atoms. The number of likely N-dealkylation sites (tertiary alicyclic amines) is 1. The number of hydrogen-bond acceptors (Lipinski definition) is 2. The van der Waals surface area contributed by atoms with Crippen LogP contribution in [0.5, 0.6) is 0 Å². The molecule has 1 atom stereocenters. The Kier molecular flexibility index (Phi) is 5.16. The van der Waals surface area contributed by atoms with Crippen molar-refractivity contribution in [3.05, 3.63) is 35.9 Å². The van der Waals surface area contributed by atoms with Crippen LogP contribution in [0, 0.1) is 5.92 Å². The van der Waals surface area contributed by atoms with Crippen LogP contribution in [0.25, 0.3) is 0 Å². The number of hydrogen-bond donors (Lipinski definition) is 1. The highest BCUT2D eigenvalue weighted by Gasteiger charge is 2.30. The van der Waals surface area contributed by atoms with Crippen LogP contribution in [0.1, 0.15) is 31.2 Å². The van der Waals surface area contributed by atoms with E-state index in [4.69, 9.17) is 5.11 Å². The molecule has 0 radical (unpaired) electrons. The van der Waals surface area contributed by atoms with Crippen LogP contribution in [0.15, 0.2) is 30.3 Å². The van der Waals surface area contributed by atoms with Gasteiger partial charge in [0.05, 0.1) is 0 Å². The third-order valence-electron chi connectivity index (χ3n) is 3.85. The van der Waals surface area contributed by atoms with E-state index >= 15 is 0 Å². The Balaban J connectivity index is 1.72. The van der Waals surface area contributed by atoms with Crippen molar-refractivity contribution in [2.45, 2.75) is 32.1 Å². The number of amides is 1. The SMILES string of the molecule is O=C(O)CCC1CCN(CCCc2ccccc2)C1=O. The Morgan fingerprint density at radius 2 is 2.05 bits per heavy atom. The van der Waals surface area contributed by atoms with Gasteiger partial charge in [0.1, 0.15) is 0 Å². The summed E-state index contributed by atoms with van der Waals surface area (Å²) in [7, 11) is 0. The molecule has 0 spiro atoms. The van der Waals surface area contributed by atoms with Gasteiger partial charge in [0.25, 0.3) is 0 Å². The van der Waals surface area contributed by atoms with Crippen molar-refractivity contribution >= 4 is 11.9 Å². The molecule has 1 N–H and O–H groups in total. The van der Waals surface area contributed by atoms with E-state index < -0.39 is 5.97 Å². The van der Waals surface area contributed by atoms with Crippen LogP contribution < -0.4 is 0 Å². The molecule has 1 aromatic rings. The minimum Gasteiger partial charge on any atom is -0.481 e. The summed E-state index contributed by atoms with van der Waals surface area (Å²) in [5, 5.41) is 8.67. The lowest BCUT2D eigenvalue weighted by Gasteiger charge is -2.16. The summed E-state index contributed by atoms with van der Waals surface area (Å²) < 4.78 is 0. The molecule has 20 heavy (non-hydrogen) atoms. The molecule has 1 amide bonds. The molecule has 0 aliphatic carbocycles. The van der Waals surface area contributed by atoms with E-state index in [1.54, 1.807) is 0 Å². The number of aliphatic carboxylic acids is 1. The summed E-state index contributed by atoms with van der Waals surface area (Å²) in [5.41, 5.74) is 1.29. The minimum absolute atomic E-state index is 0.0807. The molecule has 1 aliphatic heterocycles. The zero-order valence-corrected chi connectivity index (χ0v) is 11.6. The lowest BCUT2D eigenvalue weighted by Crippen LogP contribution is -2.28. The van der Waals surface area contributed by atoms with Crippen molar-refractivity contribution in [1.29, 1.82) is 0 Å². The van der Waals surface area contributed by atoms with Crippen molar-refractivity contribution in [3.8, 4) is 0 Å². The first-order valence-corrected chi connectivity index (χ1v) is 7.21. The highest BCUT2D eigenvalue weighted by molar-refractivity contribution is 5.81. The number of carboxylic acid groups (broad SMARTS) is 1. The Bertz CT molecular complexity index is 458. The van der Waals surface area contributed by atoms with E-state index in [0.717, 1.165) is 32.4 Å². The van der Waals surface area contributed by atoms with Gasteiger partial charge < -0.3 is 10.0 Å². The van der Waals surface area contributed by atoms with Crippen molar-refractivity contribution in [1.82, 2.24) is 4.90 Å². The maximum absolute atomic E-state index is 12.1. The summed E-state index contributed by atoms with van der Waals surface area (Å²) in [4.78, 5) is 24.5. The molecule has 1 saturated heterocycles. The predicted octanol–water partition coefficient (Wildman–Crippen LogP) is 2.33. The fraction of sp³-hybridized carbons (Fsp3) is 0.500. The Labute approximate surface area is 119 Å². The van der Waals surface area contributed by atoms with Crippen molar-refractivity contribution in [2.75, 3.05) is 13.1 Å². The summed E-state index contributed by atoms with van der Waals surface area (Å²) in [6.45, 7) is 1.55. The fourth-order valence-electron chi connectivity index (χ4n) is 2.71. The van der Waals surface area contributed by atoms with Gasteiger partial charge in [-0.2, -0.15) is 0 Å². The van der Waals surface area contributed by atoms with Crippen LogP contribution in [0.3, 0.4) is 0 Å². The smallest absolute Gasteiger partial charge is 0.303 e. The summed E-state index contributed by atoms with van der Waals surface area (Å²) in [5.74, 6) is -0.762. The molecule has 1 fully saturated rings. The van der Waals surface area contributed by atoms with Gasteiger partial charge in [-0.05, 0) is 31.2 Å². The molecule has 1 unspecified atom stereocenters. The third-order valence-corrected chi connectivity index (χ3v) is 3.85. The van der Waals surface area contributed by atoms with Gasteiger partial charge in [-0.15, -0.1) is 0 Å². The van der Waals surface area contributed by atoms with Gasteiger partial charge in [-0.25, -0.2) is 0 Å². The molecule has 1 aromatic carbocycles. The van der Waals surface area contributed by atoms with Crippen molar-refractivity contribution < 1.29 is 14.7 Å². The van der Waals surface area contributed by atoms with Gasteiger partial charge in [-0.1, -0.05) is 30.3 Å². The number of carboxylic acids is 1. The molecule has 0 aromatic heterocycles. The van der Waals surface area contributed by atoms with Gasteiger partial charge in [0, 0.05) is 25.4 Å². The maximum atomic E-state index is 12.1. The van der Waals surface area contributed by atoms with E-state index in [1.807, 2.05) is 23.1 Å². The highest BCUT2D eigenvalue weighted by atomic mass is 16.4. The van der Waals surface area contributed by atoms with Gasteiger partial charge in [0.15, 0.2) is 0 Å². The van der Waals surface area contributed by atoms with E-state index in [0.29, 0.717) is 6.42 Å². The minimum atomic E-state index is -0.819. The zero-order chi connectivity index (χ0) is 14.4. The molecule has 0 saturated carbocycles. The second kappa shape index (κ2) is 7.08. The lowest BCUT2D eigenvalue weighted by molar-refractivity contribution is -0.137. The van der Waals surface area contributed by atoms with Crippen LogP contribution in [-0.2, 0) is 16.0 Å². The lowest BCUT2D eigenvalue weighted by atomic mass is 10.0. The molecule has 108 valence electrons. The highest BCUT2D eigenvalue weighted by Crippen LogP contribution is 2.23. The summed E-state index contributed by atoms with van der Waals surface area (Å²) in [6, 6.07) is 10.3. The molecule has 4 nitrogen and oxygen atoms in total. The van der Waals surface area contributed by atoms with E-state index in [-0.39, 0.29) is 18.2 Å². The molecule has 2 rings (SSSR count). The number of benzene rings is 1.